The van der Waals surface area contributed by atoms with Crippen molar-refractivity contribution < 1.29 is 9.53 Å². The van der Waals surface area contributed by atoms with Crippen molar-refractivity contribution >= 4 is 17.3 Å². The molecule has 3 heterocycles. The molecule has 8 nitrogen and oxygen atoms in total. The van der Waals surface area contributed by atoms with Crippen molar-refractivity contribution in [3.05, 3.63) is 18.1 Å². The molecule has 3 rings (SSSR count). The summed E-state index contributed by atoms with van der Waals surface area (Å²) in [6, 6.07) is 2.67. The second-order valence-corrected chi connectivity index (χ2v) is 6.95. The number of likely N-dealkylation sites (tertiary alicyclic amines) is 1. The molecule has 25 heavy (non-hydrogen) atoms. The summed E-state index contributed by atoms with van der Waals surface area (Å²) in [5.74, 6) is 0.178. The number of anilines is 1. The van der Waals surface area contributed by atoms with E-state index in [2.05, 4.69) is 52.5 Å². The molecular formula is C17H26N6O2. The number of nitrogens with one attached hydrogen (secondary N) is 1. The number of rotatable bonds is 6. The van der Waals surface area contributed by atoms with Gasteiger partial charge in [0.05, 0.1) is 24.9 Å². The van der Waals surface area contributed by atoms with Gasteiger partial charge in [0, 0.05) is 18.6 Å². The number of likely N-dealkylation sites (N-methyl/N-ethyl adjacent to an activating group) is 1. The molecule has 1 N–H and O–H groups in total. The maximum atomic E-state index is 11.5. The summed E-state index contributed by atoms with van der Waals surface area (Å²) in [5.41, 5.74) is 2.68. The highest BCUT2D eigenvalue weighted by Crippen LogP contribution is 2.26. The van der Waals surface area contributed by atoms with Gasteiger partial charge in [0.2, 0.25) is 5.65 Å². The highest BCUT2D eigenvalue weighted by Gasteiger charge is 2.32. The predicted octanol–water partition coefficient (Wildman–Crippen LogP) is 1.69. The number of aromatic nitrogens is 4. The van der Waals surface area contributed by atoms with Gasteiger partial charge in [-0.15, -0.1) is 10.2 Å². The van der Waals surface area contributed by atoms with Gasteiger partial charge in [-0.25, -0.2) is 0 Å². The van der Waals surface area contributed by atoms with Crippen LogP contribution in [0.3, 0.4) is 0 Å². The SMILES string of the molecule is COC(=O)C[C@H]1CC[C@@H](CNc2cc(C(C)C)nn3cnnc23)N1C. The number of esters is 1. The topological polar surface area (TPSA) is 84.6 Å². The first-order chi connectivity index (χ1) is 12.0. The van der Waals surface area contributed by atoms with Gasteiger partial charge < -0.3 is 10.1 Å². The lowest BCUT2D eigenvalue weighted by Crippen LogP contribution is -2.37. The van der Waals surface area contributed by atoms with E-state index in [1.54, 1.807) is 10.8 Å². The first kappa shape index (κ1) is 17.6. The fourth-order valence-corrected chi connectivity index (χ4v) is 3.34. The van der Waals surface area contributed by atoms with E-state index >= 15 is 0 Å². The molecule has 1 aliphatic rings. The molecule has 8 heteroatoms. The lowest BCUT2D eigenvalue weighted by molar-refractivity contribution is -0.141. The van der Waals surface area contributed by atoms with Crippen LogP contribution in [-0.4, -0.2) is 63.5 Å². The van der Waals surface area contributed by atoms with Crippen LogP contribution in [0.5, 0.6) is 0 Å². The Labute approximate surface area is 147 Å². The molecule has 136 valence electrons. The molecule has 2 aromatic heterocycles. The number of nitrogens with zero attached hydrogens (tertiary/aromatic N) is 5. The lowest BCUT2D eigenvalue weighted by atomic mass is 10.1. The highest BCUT2D eigenvalue weighted by atomic mass is 16.5. The summed E-state index contributed by atoms with van der Waals surface area (Å²) in [4.78, 5) is 13.8. The van der Waals surface area contributed by atoms with Crippen LogP contribution in [0.25, 0.3) is 5.65 Å². The first-order valence-corrected chi connectivity index (χ1v) is 8.73. The van der Waals surface area contributed by atoms with E-state index in [0.717, 1.165) is 36.4 Å². The zero-order valence-electron chi connectivity index (χ0n) is 15.3. The summed E-state index contributed by atoms with van der Waals surface area (Å²) in [6.07, 6.45) is 4.13. The third-order valence-electron chi connectivity index (χ3n) is 5.02. The minimum absolute atomic E-state index is 0.147. The maximum absolute atomic E-state index is 11.5. The molecule has 0 amide bonds. The zero-order chi connectivity index (χ0) is 18.0. The second-order valence-electron chi connectivity index (χ2n) is 6.95. The Hall–Kier alpha value is -2.22. The van der Waals surface area contributed by atoms with Crippen LogP contribution in [0, 0.1) is 0 Å². The van der Waals surface area contributed by atoms with E-state index < -0.39 is 0 Å². The molecule has 0 spiro atoms. The predicted molar refractivity (Wildman–Crippen MR) is 94.6 cm³/mol. The Morgan fingerprint density at radius 3 is 2.88 bits per heavy atom. The van der Waals surface area contributed by atoms with Crippen molar-refractivity contribution in [3.8, 4) is 0 Å². The molecule has 2 aromatic rings. The van der Waals surface area contributed by atoms with Gasteiger partial charge in [0.25, 0.3) is 0 Å². The maximum Gasteiger partial charge on any atom is 0.307 e. The first-order valence-electron chi connectivity index (χ1n) is 8.73. The van der Waals surface area contributed by atoms with Crippen molar-refractivity contribution in [2.45, 2.75) is 51.1 Å². The van der Waals surface area contributed by atoms with E-state index in [1.807, 2.05) is 0 Å². The van der Waals surface area contributed by atoms with E-state index in [1.165, 1.54) is 7.11 Å². The average molecular weight is 346 g/mol. The van der Waals surface area contributed by atoms with Crippen LogP contribution >= 0.6 is 0 Å². The summed E-state index contributed by atoms with van der Waals surface area (Å²) in [7, 11) is 3.52. The van der Waals surface area contributed by atoms with Gasteiger partial charge in [0.15, 0.2) is 0 Å². The monoisotopic (exact) mass is 346 g/mol. The fraction of sp³-hybridized carbons (Fsp3) is 0.647. The van der Waals surface area contributed by atoms with Crippen LogP contribution < -0.4 is 5.32 Å². The van der Waals surface area contributed by atoms with Gasteiger partial charge >= 0.3 is 5.97 Å². The number of methoxy groups -OCH3 is 1. The van der Waals surface area contributed by atoms with Gasteiger partial charge in [0.1, 0.15) is 6.33 Å². The van der Waals surface area contributed by atoms with Crippen LogP contribution in [-0.2, 0) is 9.53 Å². The number of fused-ring (bicyclic) bond motifs is 1. The molecule has 1 saturated heterocycles. The number of hydrogen-bond donors (Lipinski definition) is 1. The summed E-state index contributed by atoms with van der Waals surface area (Å²) in [6.45, 7) is 5.02. The van der Waals surface area contributed by atoms with Crippen LogP contribution in [0.2, 0.25) is 0 Å². The highest BCUT2D eigenvalue weighted by molar-refractivity contribution is 5.70. The standard InChI is InChI=1S/C17H26N6O2/c1-11(2)14-8-15(17-20-19-10-23(17)21-14)18-9-13-6-5-12(22(13)3)7-16(24)25-4/h8,10-13,18H,5-7,9H2,1-4H3/t12-,13+/m1/s1. The minimum atomic E-state index is -0.147. The van der Waals surface area contributed by atoms with Gasteiger partial charge in [-0.1, -0.05) is 13.8 Å². The van der Waals surface area contributed by atoms with Crippen molar-refractivity contribution in [1.29, 1.82) is 0 Å². The molecule has 1 fully saturated rings. The molecule has 0 saturated carbocycles. The Morgan fingerprint density at radius 2 is 2.16 bits per heavy atom. The van der Waals surface area contributed by atoms with E-state index in [-0.39, 0.29) is 12.0 Å². The van der Waals surface area contributed by atoms with Crippen LogP contribution in [0.1, 0.15) is 44.7 Å². The van der Waals surface area contributed by atoms with Crippen molar-refractivity contribution in [2.75, 3.05) is 26.0 Å². The molecule has 0 aromatic carbocycles. The zero-order valence-corrected chi connectivity index (χ0v) is 15.3. The molecule has 2 atom stereocenters. The summed E-state index contributed by atoms with van der Waals surface area (Å²) in [5, 5.41) is 16.2. The number of hydrogen-bond acceptors (Lipinski definition) is 7. The lowest BCUT2D eigenvalue weighted by Gasteiger charge is -2.25. The van der Waals surface area contributed by atoms with E-state index in [9.17, 15) is 4.79 Å². The van der Waals surface area contributed by atoms with Crippen LogP contribution in [0.15, 0.2) is 12.4 Å². The number of ether oxygens (including phenoxy) is 1. The molecule has 1 aliphatic heterocycles. The minimum Gasteiger partial charge on any atom is -0.469 e. The van der Waals surface area contributed by atoms with E-state index in [0.29, 0.717) is 18.4 Å². The third-order valence-corrected chi connectivity index (χ3v) is 5.02. The van der Waals surface area contributed by atoms with Crippen molar-refractivity contribution in [1.82, 2.24) is 24.7 Å². The Balaban J connectivity index is 1.69. The molecular weight excluding hydrogens is 320 g/mol. The van der Waals surface area contributed by atoms with Crippen molar-refractivity contribution in [2.24, 2.45) is 0 Å². The van der Waals surface area contributed by atoms with Crippen LogP contribution in [0.4, 0.5) is 5.69 Å². The fourth-order valence-electron chi connectivity index (χ4n) is 3.34. The van der Waals surface area contributed by atoms with Gasteiger partial charge in [-0.3, -0.25) is 9.69 Å². The second kappa shape index (κ2) is 7.35. The molecule has 0 bridgehead atoms. The Morgan fingerprint density at radius 1 is 1.40 bits per heavy atom. The smallest absolute Gasteiger partial charge is 0.307 e. The Bertz CT molecular complexity index is 744. The number of carbonyl (C=O) groups is 1. The normalized spacial score (nSPS) is 21.2. The average Bonchev–Trinajstić information content (AvgIpc) is 3.20. The third kappa shape index (κ3) is 3.73. The largest absolute Gasteiger partial charge is 0.469 e. The van der Waals surface area contributed by atoms with Crippen molar-refractivity contribution in [3.63, 3.8) is 0 Å². The summed E-state index contributed by atoms with van der Waals surface area (Å²) < 4.78 is 6.51. The summed E-state index contributed by atoms with van der Waals surface area (Å²) >= 11 is 0. The van der Waals surface area contributed by atoms with E-state index in [4.69, 9.17) is 4.74 Å². The molecule has 0 aliphatic carbocycles. The number of carbonyl (C=O) groups excluding carboxylic acids is 1. The Kier molecular flexibility index (Phi) is 5.17. The van der Waals surface area contributed by atoms with Gasteiger partial charge in [-0.2, -0.15) is 9.61 Å². The molecule has 0 unspecified atom stereocenters. The molecule has 0 radical (unpaired) electrons. The quantitative estimate of drug-likeness (QED) is 0.797. The van der Waals surface area contributed by atoms with Gasteiger partial charge in [-0.05, 0) is 31.9 Å².